The van der Waals surface area contributed by atoms with Gasteiger partial charge in [-0.25, -0.2) is 4.79 Å². The number of amides is 1. The van der Waals surface area contributed by atoms with Crippen molar-refractivity contribution in [2.75, 3.05) is 11.9 Å². The second kappa shape index (κ2) is 5.88. The van der Waals surface area contributed by atoms with Gasteiger partial charge in [-0.05, 0) is 42.8 Å². The zero-order valence-electron chi connectivity index (χ0n) is 14.8. The average Bonchev–Trinajstić information content (AvgIpc) is 2.99. The van der Waals surface area contributed by atoms with Crippen LogP contribution in [0.15, 0.2) is 63.8 Å². The highest BCUT2D eigenvalue weighted by Crippen LogP contribution is 2.26. The molecule has 130 valence electrons. The summed E-state index contributed by atoms with van der Waals surface area (Å²) in [7, 11) is 3.53. The molecule has 0 aliphatic carbocycles. The largest absolute Gasteiger partial charge is 0.422 e. The lowest BCUT2D eigenvalue weighted by Gasteiger charge is -2.18. The topological polar surface area (TPSA) is 55.5 Å². The number of carbonyl (C=O) groups is 1. The van der Waals surface area contributed by atoms with Crippen molar-refractivity contribution in [1.82, 2.24) is 4.57 Å². The van der Waals surface area contributed by atoms with Gasteiger partial charge in [0.15, 0.2) is 0 Å². The molecular formula is C21H18N2O3. The first-order valence-corrected chi connectivity index (χ1v) is 8.33. The molecule has 2 aromatic carbocycles. The van der Waals surface area contributed by atoms with Crippen LogP contribution in [0.3, 0.4) is 0 Å². The molecule has 5 heteroatoms. The molecule has 0 unspecified atom stereocenters. The maximum absolute atomic E-state index is 13.1. The second-order valence-electron chi connectivity index (χ2n) is 6.44. The predicted molar refractivity (Wildman–Crippen MR) is 103 cm³/mol. The number of aryl methyl sites for hydroxylation is 2. The highest BCUT2D eigenvalue weighted by Gasteiger charge is 2.21. The van der Waals surface area contributed by atoms with Gasteiger partial charge in [-0.2, -0.15) is 0 Å². The molecule has 4 rings (SSSR count). The summed E-state index contributed by atoms with van der Waals surface area (Å²) >= 11 is 0. The fourth-order valence-corrected chi connectivity index (χ4v) is 3.32. The molecule has 0 fully saturated rings. The molecule has 26 heavy (non-hydrogen) atoms. The van der Waals surface area contributed by atoms with Crippen LogP contribution in [0.5, 0.6) is 0 Å². The molecule has 0 spiro atoms. The summed E-state index contributed by atoms with van der Waals surface area (Å²) in [5, 5.41) is 1.22. The van der Waals surface area contributed by atoms with Crippen LogP contribution in [-0.2, 0) is 7.05 Å². The van der Waals surface area contributed by atoms with E-state index in [-0.39, 0.29) is 5.91 Å². The Labute approximate surface area is 150 Å². The number of benzene rings is 2. The summed E-state index contributed by atoms with van der Waals surface area (Å²) in [6.45, 7) is 1.98. The quantitative estimate of drug-likeness (QED) is 0.518. The van der Waals surface area contributed by atoms with Gasteiger partial charge in [0.05, 0.1) is 10.9 Å². The fourth-order valence-electron chi connectivity index (χ4n) is 3.32. The molecule has 4 aromatic rings. The molecule has 0 saturated carbocycles. The molecule has 0 radical (unpaired) electrons. The van der Waals surface area contributed by atoms with Crippen molar-refractivity contribution in [2.24, 2.45) is 7.05 Å². The Balaban J connectivity index is 1.91. The zero-order valence-corrected chi connectivity index (χ0v) is 14.8. The number of hydrogen-bond acceptors (Lipinski definition) is 3. The van der Waals surface area contributed by atoms with Crippen molar-refractivity contribution < 1.29 is 9.21 Å². The maximum atomic E-state index is 13.1. The lowest BCUT2D eigenvalue weighted by atomic mass is 10.2. The van der Waals surface area contributed by atoms with E-state index < -0.39 is 5.63 Å². The Hall–Kier alpha value is -3.34. The first-order chi connectivity index (χ1) is 12.5. The second-order valence-corrected chi connectivity index (χ2v) is 6.44. The lowest BCUT2D eigenvalue weighted by molar-refractivity contribution is 0.0985. The molecule has 0 N–H and O–H groups in total. The minimum atomic E-state index is -0.438. The van der Waals surface area contributed by atoms with E-state index in [1.165, 1.54) is 0 Å². The number of fused-ring (bicyclic) bond motifs is 3. The highest BCUT2D eigenvalue weighted by atomic mass is 16.4. The van der Waals surface area contributed by atoms with E-state index >= 15 is 0 Å². The average molecular weight is 346 g/mol. The molecule has 2 heterocycles. The summed E-state index contributed by atoms with van der Waals surface area (Å²) < 4.78 is 7.16. The van der Waals surface area contributed by atoms with Crippen LogP contribution in [0, 0.1) is 6.92 Å². The normalized spacial score (nSPS) is 11.2. The third-order valence-electron chi connectivity index (χ3n) is 4.71. The van der Waals surface area contributed by atoms with Gasteiger partial charge >= 0.3 is 5.63 Å². The van der Waals surface area contributed by atoms with E-state index in [4.69, 9.17) is 4.42 Å². The van der Waals surface area contributed by atoms with Gasteiger partial charge in [0.25, 0.3) is 5.91 Å². The molecule has 0 aliphatic rings. The van der Waals surface area contributed by atoms with Gasteiger partial charge in [-0.3, -0.25) is 4.79 Å². The molecule has 0 aliphatic heterocycles. The minimum absolute atomic E-state index is 0.183. The van der Waals surface area contributed by atoms with Gasteiger partial charge in [-0.15, -0.1) is 0 Å². The molecule has 0 atom stereocenters. The van der Waals surface area contributed by atoms with Crippen LogP contribution >= 0.6 is 0 Å². The first-order valence-electron chi connectivity index (χ1n) is 8.33. The summed E-state index contributed by atoms with van der Waals surface area (Å²) in [5.41, 5.74) is 3.09. The van der Waals surface area contributed by atoms with E-state index in [1.807, 2.05) is 49.4 Å². The van der Waals surface area contributed by atoms with Crippen LogP contribution in [0.4, 0.5) is 5.69 Å². The monoisotopic (exact) mass is 346 g/mol. The summed E-state index contributed by atoms with van der Waals surface area (Å²) in [5.74, 6) is -0.183. The molecule has 0 saturated heterocycles. The van der Waals surface area contributed by atoms with E-state index in [1.54, 1.807) is 35.7 Å². The van der Waals surface area contributed by atoms with E-state index in [2.05, 4.69) is 0 Å². The van der Waals surface area contributed by atoms with Crippen molar-refractivity contribution in [3.8, 4) is 0 Å². The summed E-state index contributed by atoms with van der Waals surface area (Å²) in [4.78, 5) is 27.0. The molecule has 2 aromatic heterocycles. The number of para-hydroxylation sites is 1. The standard InChI is InChI=1S/C21H18N2O3/c1-13-7-6-8-14(11-13)22(2)20(24)17-12-16-19(23(17)3)15-9-4-5-10-18(15)26-21(16)25/h4-12H,1-3H3. The summed E-state index contributed by atoms with van der Waals surface area (Å²) in [6, 6.07) is 16.7. The summed E-state index contributed by atoms with van der Waals surface area (Å²) in [6.07, 6.45) is 0. The zero-order chi connectivity index (χ0) is 18.4. The first kappa shape index (κ1) is 16.1. The number of rotatable bonds is 2. The third-order valence-corrected chi connectivity index (χ3v) is 4.71. The predicted octanol–water partition coefficient (Wildman–Crippen LogP) is 3.87. The van der Waals surface area contributed by atoms with Crippen LogP contribution in [0.2, 0.25) is 0 Å². The Morgan fingerprint density at radius 3 is 2.58 bits per heavy atom. The van der Waals surface area contributed by atoms with Crippen LogP contribution in [0.25, 0.3) is 21.9 Å². The van der Waals surface area contributed by atoms with Crippen LogP contribution < -0.4 is 10.5 Å². The van der Waals surface area contributed by atoms with E-state index in [0.29, 0.717) is 22.2 Å². The molecular weight excluding hydrogens is 328 g/mol. The van der Waals surface area contributed by atoms with Crippen LogP contribution in [0.1, 0.15) is 16.1 Å². The van der Waals surface area contributed by atoms with Crippen molar-refractivity contribution in [3.63, 3.8) is 0 Å². The maximum Gasteiger partial charge on any atom is 0.345 e. The SMILES string of the molecule is Cc1cccc(N(C)C(=O)c2cc3c(=O)oc4ccccc4c3n2C)c1. The number of aromatic nitrogens is 1. The number of nitrogens with zero attached hydrogens (tertiary/aromatic N) is 2. The number of anilines is 1. The Morgan fingerprint density at radius 2 is 1.81 bits per heavy atom. The Bertz CT molecular complexity index is 1220. The van der Waals surface area contributed by atoms with Crippen molar-refractivity contribution >= 4 is 33.5 Å². The van der Waals surface area contributed by atoms with Crippen LogP contribution in [-0.4, -0.2) is 17.5 Å². The van der Waals surface area contributed by atoms with E-state index in [0.717, 1.165) is 16.6 Å². The fraction of sp³-hybridized carbons (Fsp3) is 0.143. The highest BCUT2D eigenvalue weighted by molar-refractivity contribution is 6.11. The number of hydrogen-bond donors (Lipinski definition) is 0. The van der Waals surface area contributed by atoms with Gasteiger partial charge < -0.3 is 13.9 Å². The molecule has 5 nitrogen and oxygen atoms in total. The van der Waals surface area contributed by atoms with Gasteiger partial charge in [-0.1, -0.05) is 24.3 Å². The smallest absolute Gasteiger partial charge is 0.345 e. The Morgan fingerprint density at radius 1 is 1.04 bits per heavy atom. The van der Waals surface area contributed by atoms with Gasteiger partial charge in [0.1, 0.15) is 11.3 Å². The number of carbonyl (C=O) groups excluding carboxylic acids is 1. The Kier molecular flexibility index (Phi) is 3.65. The van der Waals surface area contributed by atoms with Gasteiger partial charge in [0.2, 0.25) is 0 Å². The van der Waals surface area contributed by atoms with Crippen molar-refractivity contribution in [3.05, 3.63) is 76.3 Å². The lowest BCUT2D eigenvalue weighted by Crippen LogP contribution is -2.28. The minimum Gasteiger partial charge on any atom is -0.422 e. The third kappa shape index (κ3) is 2.40. The van der Waals surface area contributed by atoms with E-state index in [9.17, 15) is 9.59 Å². The van der Waals surface area contributed by atoms with Crippen molar-refractivity contribution in [2.45, 2.75) is 6.92 Å². The molecule has 1 amide bonds. The van der Waals surface area contributed by atoms with Crippen molar-refractivity contribution in [1.29, 1.82) is 0 Å². The molecule has 0 bridgehead atoms. The van der Waals surface area contributed by atoms with Gasteiger partial charge in [0, 0.05) is 25.2 Å².